The molecule has 0 amide bonds. The van der Waals surface area contributed by atoms with Crippen LogP contribution in [0.4, 0.5) is 5.69 Å². The summed E-state index contributed by atoms with van der Waals surface area (Å²) in [6.07, 6.45) is 3.89. The number of benzene rings is 1. The zero-order valence-corrected chi connectivity index (χ0v) is 12.7. The Morgan fingerprint density at radius 1 is 1.32 bits per heavy atom. The third-order valence-corrected chi connectivity index (χ3v) is 3.73. The quantitative estimate of drug-likeness (QED) is 0.760. The number of aliphatic hydroxyl groups is 1. The summed E-state index contributed by atoms with van der Waals surface area (Å²) in [6, 6.07) is 9.76. The van der Waals surface area contributed by atoms with Gasteiger partial charge in [-0.1, -0.05) is 6.07 Å². The van der Waals surface area contributed by atoms with Crippen LogP contribution in [0.5, 0.6) is 5.75 Å². The third-order valence-electron chi connectivity index (χ3n) is 3.73. The van der Waals surface area contributed by atoms with Crippen LogP contribution >= 0.6 is 0 Å². The van der Waals surface area contributed by atoms with Gasteiger partial charge < -0.3 is 19.6 Å². The minimum atomic E-state index is -0.0481. The van der Waals surface area contributed by atoms with Crippen molar-refractivity contribution in [1.82, 2.24) is 9.38 Å². The molecule has 0 saturated heterocycles. The van der Waals surface area contributed by atoms with Gasteiger partial charge in [0.15, 0.2) is 0 Å². The number of pyridine rings is 1. The Bertz CT molecular complexity index is 796. The molecular weight excluding hydrogens is 278 g/mol. The largest absolute Gasteiger partial charge is 0.496 e. The predicted molar refractivity (Wildman–Crippen MR) is 86.2 cm³/mol. The van der Waals surface area contributed by atoms with Crippen molar-refractivity contribution in [2.75, 3.05) is 12.4 Å². The molecule has 5 heteroatoms. The Morgan fingerprint density at radius 3 is 2.95 bits per heavy atom. The van der Waals surface area contributed by atoms with E-state index in [0.29, 0.717) is 12.3 Å². The smallest absolute Gasteiger partial charge is 0.139 e. The van der Waals surface area contributed by atoms with Gasteiger partial charge in [-0.3, -0.25) is 0 Å². The van der Waals surface area contributed by atoms with Crippen molar-refractivity contribution in [3.63, 3.8) is 0 Å². The SMILES string of the molecule is COc1ccc(NCc2cnc3c(C)cccn23)cc1CO. The number of methoxy groups -OCH3 is 1. The first-order valence-corrected chi connectivity index (χ1v) is 7.16. The fraction of sp³-hybridized carbons (Fsp3) is 0.235. The minimum absolute atomic E-state index is 0.0481. The molecular formula is C17H19N3O2. The highest BCUT2D eigenvalue weighted by atomic mass is 16.5. The maximum Gasteiger partial charge on any atom is 0.139 e. The van der Waals surface area contributed by atoms with Gasteiger partial charge in [0.2, 0.25) is 0 Å². The van der Waals surface area contributed by atoms with Crippen LogP contribution in [0, 0.1) is 6.92 Å². The first kappa shape index (κ1) is 14.4. The van der Waals surface area contributed by atoms with Gasteiger partial charge in [0.25, 0.3) is 0 Å². The van der Waals surface area contributed by atoms with Gasteiger partial charge in [-0.2, -0.15) is 0 Å². The second-order valence-corrected chi connectivity index (χ2v) is 5.17. The number of aryl methyl sites for hydroxylation is 1. The minimum Gasteiger partial charge on any atom is -0.496 e. The van der Waals surface area contributed by atoms with Crippen LogP contribution < -0.4 is 10.1 Å². The molecule has 0 bridgehead atoms. The van der Waals surface area contributed by atoms with Gasteiger partial charge in [-0.25, -0.2) is 4.98 Å². The molecule has 3 rings (SSSR count). The second kappa shape index (κ2) is 6.07. The summed E-state index contributed by atoms with van der Waals surface area (Å²) in [5, 5.41) is 12.7. The van der Waals surface area contributed by atoms with Gasteiger partial charge in [-0.15, -0.1) is 0 Å². The van der Waals surface area contributed by atoms with Crippen LogP contribution in [0.25, 0.3) is 5.65 Å². The Kier molecular flexibility index (Phi) is 3.98. The van der Waals surface area contributed by atoms with Crippen LogP contribution in [-0.4, -0.2) is 21.6 Å². The molecule has 0 saturated carbocycles. The molecule has 1 aromatic carbocycles. The van der Waals surface area contributed by atoms with E-state index in [1.54, 1.807) is 7.11 Å². The van der Waals surface area contributed by atoms with E-state index >= 15 is 0 Å². The van der Waals surface area contributed by atoms with Gasteiger partial charge in [-0.05, 0) is 36.8 Å². The molecule has 2 aromatic heterocycles. The van der Waals surface area contributed by atoms with E-state index in [1.165, 1.54) is 0 Å². The summed E-state index contributed by atoms with van der Waals surface area (Å²) in [5.74, 6) is 0.693. The Balaban J connectivity index is 1.81. The monoisotopic (exact) mass is 297 g/mol. The standard InChI is InChI=1S/C17H19N3O2/c1-12-4-3-7-20-15(10-19-17(12)20)9-18-14-5-6-16(22-2)13(8-14)11-21/h3-8,10,18,21H,9,11H2,1-2H3. The highest BCUT2D eigenvalue weighted by Crippen LogP contribution is 2.23. The van der Waals surface area contributed by atoms with Crippen molar-refractivity contribution in [3.8, 4) is 5.75 Å². The highest BCUT2D eigenvalue weighted by Gasteiger charge is 2.06. The van der Waals surface area contributed by atoms with Gasteiger partial charge in [0.1, 0.15) is 11.4 Å². The molecule has 0 aliphatic rings. The molecule has 2 heterocycles. The van der Waals surface area contributed by atoms with Crippen molar-refractivity contribution in [3.05, 3.63) is 59.5 Å². The molecule has 114 valence electrons. The number of aromatic nitrogens is 2. The number of anilines is 1. The molecule has 0 radical (unpaired) electrons. The topological polar surface area (TPSA) is 58.8 Å². The molecule has 5 nitrogen and oxygen atoms in total. The molecule has 2 N–H and O–H groups in total. The van der Waals surface area contributed by atoms with E-state index in [1.807, 2.05) is 36.7 Å². The lowest BCUT2D eigenvalue weighted by Crippen LogP contribution is -2.03. The number of nitrogens with one attached hydrogen (secondary N) is 1. The molecule has 0 unspecified atom stereocenters. The predicted octanol–water partition coefficient (Wildman–Crippen LogP) is 2.76. The number of hydrogen-bond donors (Lipinski definition) is 2. The van der Waals surface area contributed by atoms with Gasteiger partial charge >= 0.3 is 0 Å². The van der Waals surface area contributed by atoms with Gasteiger partial charge in [0.05, 0.1) is 32.2 Å². The summed E-state index contributed by atoms with van der Waals surface area (Å²) < 4.78 is 7.29. The highest BCUT2D eigenvalue weighted by molar-refractivity contribution is 5.52. The van der Waals surface area contributed by atoms with Crippen molar-refractivity contribution in [2.24, 2.45) is 0 Å². The summed E-state index contributed by atoms with van der Waals surface area (Å²) in [5.41, 5.74) is 4.92. The Morgan fingerprint density at radius 2 is 2.18 bits per heavy atom. The van der Waals surface area contributed by atoms with Crippen LogP contribution in [0.15, 0.2) is 42.7 Å². The number of nitrogens with zero attached hydrogens (tertiary/aromatic N) is 2. The molecule has 0 aliphatic heterocycles. The summed E-state index contributed by atoms with van der Waals surface area (Å²) in [7, 11) is 1.60. The first-order chi connectivity index (χ1) is 10.7. The van der Waals surface area contributed by atoms with E-state index in [2.05, 4.69) is 27.7 Å². The first-order valence-electron chi connectivity index (χ1n) is 7.16. The lowest BCUT2D eigenvalue weighted by molar-refractivity contribution is 0.274. The number of rotatable bonds is 5. The van der Waals surface area contributed by atoms with E-state index in [-0.39, 0.29) is 6.61 Å². The maximum atomic E-state index is 9.38. The lowest BCUT2D eigenvalue weighted by Gasteiger charge is -2.11. The summed E-state index contributed by atoms with van der Waals surface area (Å²) in [4.78, 5) is 4.45. The Hall–Kier alpha value is -2.53. The van der Waals surface area contributed by atoms with E-state index in [0.717, 1.165) is 28.2 Å². The van der Waals surface area contributed by atoms with Crippen LogP contribution in [0.2, 0.25) is 0 Å². The molecule has 0 aliphatic carbocycles. The fourth-order valence-electron chi connectivity index (χ4n) is 2.54. The van der Waals surface area contributed by atoms with Crippen molar-refractivity contribution >= 4 is 11.3 Å². The van der Waals surface area contributed by atoms with Crippen LogP contribution in [-0.2, 0) is 13.2 Å². The zero-order chi connectivity index (χ0) is 15.5. The summed E-state index contributed by atoms with van der Waals surface area (Å²) in [6.45, 7) is 2.66. The normalized spacial score (nSPS) is 10.9. The molecule has 0 spiro atoms. The number of hydrogen-bond acceptors (Lipinski definition) is 4. The second-order valence-electron chi connectivity index (χ2n) is 5.17. The number of ether oxygens (including phenoxy) is 1. The van der Waals surface area contributed by atoms with E-state index < -0.39 is 0 Å². The van der Waals surface area contributed by atoms with Gasteiger partial charge in [0, 0.05) is 17.4 Å². The number of imidazole rings is 1. The fourth-order valence-corrected chi connectivity index (χ4v) is 2.54. The van der Waals surface area contributed by atoms with Crippen LogP contribution in [0.3, 0.4) is 0 Å². The lowest BCUT2D eigenvalue weighted by atomic mass is 10.2. The van der Waals surface area contributed by atoms with Crippen molar-refractivity contribution < 1.29 is 9.84 Å². The molecule has 3 aromatic rings. The Labute approximate surface area is 129 Å². The number of aliphatic hydroxyl groups excluding tert-OH is 1. The van der Waals surface area contributed by atoms with Crippen molar-refractivity contribution in [1.29, 1.82) is 0 Å². The summed E-state index contributed by atoms with van der Waals surface area (Å²) >= 11 is 0. The molecule has 0 fully saturated rings. The average molecular weight is 297 g/mol. The van der Waals surface area contributed by atoms with Crippen LogP contribution in [0.1, 0.15) is 16.8 Å². The van der Waals surface area contributed by atoms with E-state index in [9.17, 15) is 5.11 Å². The number of fused-ring (bicyclic) bond motifs is 1. The average Bonchev–Trinajstić information content (AvgIpc) is 2.97. The van der Waals surface area contributed by atoms with E-state index in [4.69, 9.17) is 4.74 Å². The maximum absolute atomic E-state index is 9.38. The molecule has 22 heavy (non-hydrogen) atoms. The zero-order valence-electron chi connectivity index (χ0n) is 12.7. The molecule has 0 atom stereocenters. The third kappa shape index (κ3) is 2.63. The van der Waals surface area contributed by atoms with Crippen molar-refractivity contribution in [2.45, 2.75) is 20.1 Å².